The van der Waals surface area contributed by atoms with E-state index >= 15 is 0 Å². The number of urea groups is 1. The normalized spacial score (nSPS) is 12.6. The molecule has 0 saturated carbocycles. The van der Waals surface area contributed by atoms with Gasteiger partial charge in [0.2, 0.25) is 0 Å². The smallest absolute Gasteiger partial charge is 0.343 e. The van der Waals surface area contributed by atoms with E-state index < -0.39 is 23.6 Å². The lowest BCUT2D eigenvalue weighted by Gasteiger charge is -2.35. The molecule has 0 radical (unpaired) electrons. The number of halogens is 2. The summed E-state index contributed by atoms with van der Waals surface area (Å²) < 4.78 is 52.2. The molecular weight excluding hydrogens is 875 g/mol. The van der Waals surface area contributed by atoms with Gasteiger partial charge in [0.15, 0.2) is 23.1 Å². The molecule has 1 heterocycles. The average molecular weight is 953 g/mol. The van der Waals surface area contributed by atoms with Gasteiger partial charge in [-0.2, -0.15) is 0 Å². The zero-order valence-corrected chi connectivity index (χ0v) is 41.6. The number of carbonyl (C=O) groups is 3. The molecule has 0 aliphatic carbocycles. The Morgan fingerprint density at radius 2 is 0.768 bits per heavy atom. The van der Waals surface area contributed by atoms with Crippen molar-refractivity contribution in [1.82, 2.24) is 0 Å². The second-order valence-electron chi connectivity index (χ2n) is 18.5. The van der Waals surface area contributed by atoms with Gasteiger partial charge in [-0.1, -0.05) is 155 Å². The van der Waals surface area contributed by atoms with E-state index in [9.17, 15) is 23.2 Å². The maximum Gasteiger partial charge on any atom is 0.343 e. The first kappa shape index (κ1) is 54.5. The minimum atomic E-state index is -0.710. The fraction of sp³-hybridized carbons (Fsp3) is 0.534. The molecule has 0 atom stereocenters. The Bertz CT molecular complexity index is 1970. The van der Waals surface area contributed by atoms with Gasteiger partial charge in [0.25, 0.3) is 0 Å². The van der Waals surface area contributed by atoms with E-state index in [4.69, 9.17) is 18.9 Å². The van der Waals surface area contributed by atoms with E-state index in [1.807, 2.05) is 0 Å². The molecule has 0 unspecified atom stereocenters. The van der Waals surface area contributed by atoms with Crippen LogP contribution in [0.1, 0.15) is 195 Å². The molecule has 4 aromatic rings. The number of anilines is 2. The number of benzene rings is 4. The van der Waals surface area contributed by atoms with Gasteiger partial charge in [0.05, 0.1) is 24.3 Å². The van der Waals surface area contributed by atoms with Crippen LogP contribution in [0.3, 0.4) is 0 Å². The van der Waals surface area contributed by atoms with E-state index in [1.54, 1.807) is 58.3 Å². The molecule has 11 heteroatoms. The van der Waals surface area contributed by atoms with E-state index in [1.165, 1.54) is 140 Å². The molecule has 0 aromatic heterocycles. The van der Waals surface area contributed by atoms with Crippen LogP contribution in [0.5, 0.6) is 23.0 Å². The first-order chi connectivity index (χ1) is 33.8. The maximum atomic E-state index is 14.9. The Balaban J connectivity index is 0.987. The van der Waals surface area contributed by atoms with Crippen LogP contribution in [0, 0.1) is 11.6 Å². The van der Waals surface area contributed by atoms with Gasteiger partial charge < -0.3 is 18.9 Å². The van der Waals surface area contributed by atoms with Crippen LogP contribution < -0.4 is 28.7 Å². The molecule has 69 heavy (non-hydrogen) atoms. The zero-order chi connectivity index (χ0) is 48.9. The van der Waals surface area contributed by atoms with Crippen molar-refractivity contribution in [2.45, 2.75) is 174 Å². The topological polar surface area (TPSA) is 94.6 Å². The highest BCUT2D eigenvalue weighted by Crippen LogP contribution is 2.29. The summed E-state index contributed by atoms with van der Waals surface area (Å²) in [5.74, 6) is -1.94. The Hall–Kier alpha value is -5.45. The van der Waals surface area contributed by atoms with Gasteiger partial charge in [-0.3, -0.25) is 9.80 Å². The van der Waals surface area contributed by atoms with E-state index in [0.29, 0.717) is 44.1 Å². The van der Waals surface area contributed by atoms with Crippen LogP contribution in [0.25, 0.3) is 0 Å². The molecule has 4 aromatic carbocycles. The molecule has 5 rings (SSSR count). The Labute approximate surface area is 411 Å². The molecule has 1 fully saturated rings. The monoisotopic (exact) mass is 953 g/mol. The predicted octanol–water partition coefficient (Wildman–Crippen LogP) is 16.4. The third-order valence-electron chi connectivity index (χ3n) is 12.8. The van der Waals surface area contributed by atoms with Crippen LogP contribution >= 0.6 is 0 Å². The summed E-state index contributed by atoms with van der Waals surface area (Å²) in [4.78, 5) is 42.8. The fourth-order valence-electron chi connectivity index (χ4n) is 8.66. The van der Waals surface area contributed by atoms with Crippen LogP contribution in [-0.2, 0) is 0 Å². The largest absolute Gasteiger partial charge is 0.491 e. The minimum absolute atomic E-state index is 0.0603. The summed E-state index contributed by atoms with van der Waals surface area (Å²) in [5, 5.41) is 0. The van der Waals surface area contributed by atoms with Crippen molar-refractivity contribution < 1.29 is 42.1 Å². The molecule has 1 aliphatic heterocycles. The van der Waals surface area contributed by atoms with Crippen molar-refractivity contribution in [3.8, 4) is 23.0 Å². The lowest BCUT2D eigenvalue weighted by molar-refractivity contribution is 0.0724. The zero-order valence-electron chi connectivity index (χ0n) is 41.6. The van der Waals surface area contributed by atoms with Crippen molar-refractivity contribution in [3.05, 3.63) is 108 Å². The second kappa shape index (κ2) is 31.6. The Kier molecular flexibility index (Phi) is 25.0. The average Bonchev–Trinajstić information content (AvgIpc) is 3.35. The van der Waals surface area contributed by atoms with E-state index in [2.05, 4.69) is 13.8 Å². The summed E-state index contributed by atoms with van der Waals surface area (Å²) in [7, 11) is 0. The standard InChI is InChI=1S/C58H78F2N2O7/c1-3-5-7-9-11-13-15-17-19-21-23-25-42-66-54-38-28-46(44-52(54)59)56(63)68-50-34-30-48(31-35-50)61-40-27-41-62(58(61)65)49-32-36-51(37-33-49)69-57(64)47-29-39-55(53(60)45-47)67-43-26-24-22-20-18-16-14-12-10-8-6-4-2/h28-39,44-45H,3-27,40-43H2,1-2H3. The van der Waals surface area contributed by atoms with Crippen LogP contribution in [0.2, 0.25) is 0 Å². The highest BCUT2D eigenvalue weighted by molar-refractivity contribution is 6.04. The molecule has 1 saturated heterocycles. The number of carbonyl (C=O) groups excluding carboxylic acids is 3. The summed E-state index contributed by atoms with van der Waals surface area (Å²) >= 11 is 0. The fourth-order valence-corrected chi connectivity index (χ4v) is 8.66. The second-order valence-corrected chi connectivity index (χ2v) is 18.5. The number of hydrogen-bond donors (Lipinski definition) is 0. The number of unbranched alkanes of at least 4 members (excludes halogenated alkanes) is 22. The van der Waals surface area contributed by atoms with Crippen molar-refractivity contribution >= 4 is 29.3 Å². The van der Waals surface area contributed by atoms with Gasteiger partial charge >= 0.3 is 18.0 Å². The van der Waals surface area contributed by atoms with Crippen molar-refractivity contribution in [1.29, 1.82) is 0 Å². The molecule has 0 spiro atoms. The highest BCUT2D eigenvalue weighted by Gasteiger charge is 2.28. The first-order valence-electron chi connectivity index (χ1n) is 26.4. The lowest BCUT2D eigenvalue weighted by atomic mass is 10.1. The number of rotatable bonds is 34. The van der Waals surface area contributed by atoms with Gasteiger partial charge in [0.1, 0.15) is 11.5 Å². The summed E-state index contributed by atoms with van der Waals surface area (Å²) in [6.07, 6.45) is 30.3. The van der Waals surface area contributed by atoms with Crippen molar-refractivity contribution in [2.24, 2.45) is 0 Å². The summed E-state index contributed by atoms with van der Waals surface area (Å²) in [5.41, 5.74) is 1.35. The molecular formula is C58H78F2N2O7. The highest BCUT2D eigenvalue weighted by atomic mass is 19.1. The van der Waals surface area contributed by atoms with Gasteiger partial charge in [-0.15, -0.1) is 0 Å². The van der Waals surface area contributed by atoms with Crippen LogP contribution in [0.4, 0.5) is 25.0 Å². The van der Waals surface area contributed by atoms with Crippen molar-refractivity contribution in [2.75, 3.05) is 36.1 Å². The van der Waals surface area contributed by atoms with Crippen LogP contribution in [0.15, 0.2) is 84.9 Å². The number of esters is 2. The first-order valence-corrected chi connectivity index (χ1v) is 26.4. The summed E-state index contributed by atoms with van der Waals surface area (Å²) in [6.45, 7) is 6.29. The van der Waals surface area contributed by atoms with E-state index in [0.717, 1.165) is 50.7 Å². The number of hydrogen-bond acceptors (Lipinski definition) is 7. The predicted molar refractivity (Wildman–Crippen MR) is 273 cm³/mol. The Morgan fingerprint density at radius 1 is 0.449 bits per heavy atom. The third kappa shape index (κ3) is 19.5. The van der Waals surface area contributed by atoms with Crippen LogP contribution in [-0.4, -0.2) is 44.3 Å². The number of amides is 2. The van der Waals surface area contributed by atoms with Gasteiger partial charge in [-0.05, 0) is 104 Å². The minimum Gasteiger partial charge on any atom is -0.491 e. The number of ether oxygens (including phenoxy) is 4. The van der Waals surface area contributed by atoms with Gasteiger partial charge in [0, 0.05) is 24.5 Å². The molecule has 0 bridgehead atoms. The molecule has 376 valence electrons. The quantitative estimate of drug-likeness (QED) is 0.0261. The van der Waals surface area contributed by atoms with Crippen molar-refractivity contribution in [3.63, 3.8) is 0 Å². The SMILES string of the molecule is CCCCCCCCCCCCCCOc1ccc(C(=O)Oc2ccc(N3CCCN(c4ccc(OC(=O)c5ccc(OCCCCCCCCCCCCCC)c(F)c5)cc4)C3=O)cc2)cc1F. The lowest BCUT2D eigenvalue weighted by Crippen LogP contribution is -2.49. The Morgan fingerprint density at radius 3 is 1.09 bits per heavy atom. The maximum absolute atomic E-state index is 14.9. The van der Waals surface area contributed by atoms with E-state index in [-0.39, 0.29) is 40.2 Å². The molecule has 9 nitrogen and oxygen atoms in total. The van der Waals surface area contributed by atoms with Gasteiger partial charge in [-0.25, -0.2) is 23.2 Å². The molecule has 2 amide bonds. The molecule has 0 N–H and O–H groups in total. The number of nitrogens with zero attached hydrogens (tertiary/aromatic N) is 2. The molecule has 1 aliphatic rings. The summed E-state index contributed by atoms with van der Waals surface area (Å²) in [6, 6.07) is 21.1. The third-order valence-corrected chi connectivity index (χ3v) is 12.8.